The van der Waals surface area contributed by atoms with Gasteiger partial charge in [-0.15, -0.1) is 24.0 Å². The van der Waals surface area contributed by atoms with Crippen LogP contribution in [0.3, 0.4) is 0 Å². The monoisotopic (exact) mass is 444 g/mol. The number of guanidine groups is 1. The summed E-state index contributed by atoms with van der Waals surface area (Å²) in [6.07, 6.45) is 5.41. The first-order valence-electron chi connectivity index (χ1n) is 9.08. The molecule has 0 radical (unpaired) electrons. The van der Waals surface area contributed by atoms with Crippen molar-refractivity contribution in [2.75, 3.05) is 26.2 Å². The Labute approximate surface area is 164 Å². The zero-order valence-electron chi connectivity index (χ0n) is 15.2. The Hall–Kier alpha value is -0.820. The Morgan fingerprint density at radius 3 is 2.21 bits per heavy atom. The average molecular weight is 444 g/mol. The van der Waals surface area contributed by atoms with E-state index in [1.54, 1.807) is 0 Å². The number of halogens is 1. The summed E-state index contributed by atoms with van der Waals surface area (Å²) in [4.78, 5) is 9.29. The summed E-state index contributed by atoms with van der Waals surface area (Å²) in [5.74, 6) is 0.652. The lowest BCUT2D eigenvalue weighted by Crippen LogP contribution is -2.37. The van der Waals surface area contributed by atoms with Crippen molar-refractivity contribution in [3.05, 3.63) is 35.4 Å². The quantitative estimate of drug-likeness (QED) is 0.412. The van der Waals surface area contributed by atoms with E-state index in [1.807, 2.05) is 0 Å². The van der Waals surface area contributed by atoms with Crippen LogP contribution in [0, 0.1) is 0 Å². The number of nitrogens with zero attached hydrogens (tertiary/aromatic N) is 3. The third kappa shape index (κ3) is 6.59. The molecule has 4 nitrogen and oxygen atoms in total. The van der Waals surface area contributed by atoms with E-state index in [9.17, 15) is 0 Å². The van der Waals surface area contributed by atoms with Crippen LogP contribution >= 0.6 is 24.0 Å². The van der Waals surface area contributed by atoms with Crippen LogP contribution in [0.5, 0.6) is 0 Å². The van der Waals surface area contributed by atoms with Crippen LogP contribution in [0.2, 0.25) is 0 Å². The van der Waals surface area contributed by atoms with Crippen molar-refractivity contribution in [3.8, 4) is 0 Å². The molecular formula is C19H33IN4. The zero-order chi connectivity index (χ0) is 16.5. The third-order valence-corrected chi connectivity index (χ3v) is 4.71. The van der Waals surface area contributed by atoms with E-state index in [4.69, 9.17) is 5.73 Å². The second-order valence-corrected chi connectivity index (χ2v) is 6.31. The Kier molecular flexibility index (Phi) is 10.3. The molecule has 0 aromatic heterocycles. The van der Waals surface area contributed by atoms with Crippen LogP contribution < -0.4 is 5.73 Å². The zero-order valence-corrected chi connectivity index (χ0v) is 17.5. The maximum absolute atomic E-state index is 6.11. The first-order valence-corrected chi connectivity index (χ1v) is 9.08. The molecule has 0 unspecified atom stereocenters. The van der Waals surface area contributed by atoms with Gasteiger partial charge in [0.1, 0.15) is 0 Å². The van der Waals surface area contributed by atoms with Gasteiger partial charge in [-0.05, 0) is 50.9 Å². The van der Waals surface area contributed by atoms with Crippen molar-refractivity contribution in [3.63, 3.8) is 0 Å². The number of rotatable bonds is 6. The van der Waals surface area contributed by atoms with E-state index >= 15 is 0 Å². The largest absolute Gasteiger partial charge is 0.370 e. The first kappa shape index (κ1) is 21.2. The van der Waals surface area contributed by atoms with Crippen LogP contribution in [-0.4, -0.2) is 41.9 Å². The van der Waals surface area contributed by atoms with Gasteiger partial charge < -0.3 is 10.6 Å². The summed E-state index contributed by atoms with van der Waals surface area (Å²) in [5, 5.41) is 0. The molecule has 0 bridgehead atoms. The van der Waals surface area contributed by atoms with Crippen LogP contribution in [0.4, 0.5) is 0 Å². The molecule has 1 aliphatic rings. The molecule has 1 aromatic rings. The molecule has 5 heteroatoms. The summed E-state index contributed by atoms with van der Waals surface area (Å²) < 4.78 is 0. The van der Waals surface area contributed by atoms with Crippen LogP contribution in [0.1, 0.15) is 50.7 Å². The highest BCUT2D eigenvalue weighted by atomic mass is 127. The number of benzene rings is 1. The summed E-state index contributed by atoms with van der Waals surface area (Å²) >= 11 is 0. The van der Waals surface area contributed by atoms with E-state index in [0.717, 1.165) is 19.6 Å². The molecule has 0 atom stereocenters. The molecule has 0 amide bonds. The smallest absolute Gasteiger partial charge is 0.191 e. The summed E-state index contributed by atoms with van der Waals surface area (Å²) in [7, 11) is 0. The number of likely N-dealkylation sites (tertiary alicyclic amines) is 1. The fourth-order valence-electron chi connectivity index (χ4n) is 3.21. The van der Waals surface area contributed by atoms with Crippen molar-refractivity contribution < 1.29 is 0 Å². The van der Waals surface area contributed by atoms with Crippen molar-refractivity contribution in [1.29, 1.82) is 0 Å². The standard InChI is InChI=1S/C19H32N4.HI/c1-3-23(4-2)19(20)21-15-17-11-7-8-12-18(17)16-22-13-9-5-6-10-14-22;/h7-8,11-12H,3-6,9-10,13-16H2,1-2H3,(H2,20,21);1H. The highest BCUT2D eigenvalue weighted by Gasteiger charge is 2.11. The third-order valence-electron chi connectivity index (χ3n) is 4.71. The SMILES string of the molecule is CCN(CC)C(N)=NCc1ccccc1CN1CCCCCC1.I. The maximum atomic E-state index is 6.11. The molecule has 2 N–H and O–H groups in total. The van der Waals surface area contributed by atoms with E-state index in [2.05, 4.69) is 52.9 Å². The lowest BCUT2D eigenvalue weighted by molar-refractivity contribution is 0.276. The second-order valence-electron chi connectivity index (χ2n) is 6.31. The molecule has 1 saturated heterocycles. The van der Waals surface area contributed by atoms with Gasteiger partial charge in [-0.25, -0.2) is 4.99 Å². The average Bonchev–Trinajstić information content (AvgIpc) is 2.84. The first-order chi connectivity index (χ1) is 11.2. The Balaban J connectivity index is 0.00000288. The van der Waals surface area contributed by atoms with Crippen molar-refractivity contribution in [2.24, 2.45) is 10.7 Å². The van der Waals surface area contributed by atoms with Crippen LogP contribution in [0.25, 0.3) is 0 Å². The van der Waals surface area contributed by atoms with Crippen LogP contribution in [-0.2, 0) is 13.1 Å². The topological polar surface area (TPSA) is 44.9 Å². The predicted molar refractivity (Wildman–Crippen MR) is 114 cm³/mol. The Bertz CT molecular complexity index is 492. The Morgan fingerprint density at radius 1 is 1.04 bits per heavy atom. The summed E-state index contributed by atoms with van der Waals surface area (Å²) in [5.41, 5.74) is 8.80. The van der Waals surface area contributed by atoms with E-state index in [0.29, 0.717) is 12.5 Å². The summed E-state index contributed by atoms with van der Waals surface area (Å²) in [6.45, 7) is 10.2. The number of hydrogen-bond donors (Lipinski definition) is 1. The highest BCUT2D eigenvalue weighted by Crippen LogP contribution is 2.17. The maximum Gasteiger partial charge on any atom is 0.191 e. The van der Waals surface area contributed by atoms with E-state index < -0.39 is 0 Å². The molecular weight excluding hydrogens is 411 g/mol. The van der Waals surface area contributed by atoms with Crippen molar-refractivity contribution in [2.45, 2.75) is 52.6 Å². The minimum absolute atomic E-state index is 0. The van der Waals surface area contributed by atoms with Gasteiger partial charge in [-0.1, -0.05) is 37.1 Å². The number of aliphatic imine (C=N–C) groups is 1. The molecule has 136 valence electrons. The lowest BCUT2D eigenvalue weighted by Gasteiger charge is -2.22. The van der Waals surface area contributed by atoms with E-state index in [1.165, 1.54) is 49.9 Å². The van der Waals surface area contributed by atoms with Crippen molar-refractivity contribution >= 4 is 29.9 Å². The molecule has 0 spiro atoms. The molecule has 1 aliphatic heterocycles. The second kappa shape index (κ2) is 11.7. The van der Waals surface area contributed by atoms with Gasteiger partial charge in [0.05, 0.1) is 6.54 Å². The van der Waals surface area contributed by atoms with E-state index in [-0.39, 0.29) is 24.0 Å². The van der Waals surface area contributed by atoms with Gasteiger partial charge in [-0.3, -0.25) is 4.90 Å². The molecule has 24 heavy (non-hydrogen) atoms. The molecule has 2 rings (SSSR count). The predicted octanol–water partition coefficient (Wildman–Crippen LogP) is 3.84. The van der Waals surface area contributed by atoms with Gasteiger partial charge in [0.25, 0.3) is 0 Å². The van der Waals surface area contributed by atoms with Gasteiger partial charge >= 0.3 is 0 Å². The number of hydrogen-bond acceptors (Lipinski definition) is 2. The normalized spacial score (nSPS) is 16.3. The van der Waals surface area contributed by atoms with Gasteiger partial charge in [-0.2, -0.15) is 0 Å². The lowest BCUT2D eigenvalue weighted by atomic mass is 10.1. The minimum atomic E-state index is 0. The Morgan fingerprint density at radius 2 is 1.62 bits per heavy atom. The van der Waals surface area contributed by atoms with Gasteiger partial charge in [0.15, 0.2) is 5.96 Å². The minimum Gasteiger partial charge on any atom is -0.370 e. The molecule has 1 fully saturated rings. The van der Waals surface area contributed by atoms with Gasteiger partial charge in [0.2, 0.25) is 0 Å². The van der Waals surface area contributed by atoms with Gasteiger partial charge in [0, 0.05) is 19.6 Å². The van der Waals surface area contributed by atoms with Crippen LogP contribution in [0.15, 0.2) is 29.3 Å². The molecule has 1 aromatic carbocycles. The fourth-order valence-corrected chi connectivity index (χ4v) is 3.21. The summed E-state index contributed by atoms with van der Waals surface area (Å²) in [6, 6.07) is 8.66. The fraction of sp³-hybridized carbons (Fsp3) is 0.632. The molecule has 0 saturated carbocycles. The molecule has 0 aliphatic carbocycles. The molecule has 1 heterocycles. The highest BCUT2D eigenvalue weighted by molar-refractivity contribution is 14.0. The number of nitrogens with two attached hydrogens (primary N) is 1. The van der Waals surface area contributed by atoms with Crippen molar-refractivity contribution in [1.82, 2.24) is 9.80 Å².